The lowest BCUT2D eigenvalue weighted by atomic mass is 9.78. The third-order valence-electron chi connectivity index (χ3n) is 6.11. The Labute approximate surface area is 184 Å². The number of carbonyl (C=O) groups excluding carboxylic acids is 1. The lowest BCUT2D eigenvalue weighted by Crippen LogP contribution is -2.39. The highest BCUT2D eigenvalue weighted by Crippen LogP contribution is 2.40. The van der Waals surface area contributed by atoms with Gasteiger partial charge in [-0.15, -0.1) is 15.3 Å². The van der Waals surface area contributed by atoms with Gasteiger partial charge in [0, 0.05) is 25.0 Å². The van der Waals surface area contributed by atoms with Crippen molar-refractivity contribution in [2.45, 2.75) is 31.3 Å². The minimum atomic E-state index is -0.449. The number of pyridine rings is 1. The Hall–Kier alpha value is -3.82. The quantitative estimate of drug-likeness (QED) is 0.652. The topological polar surface area (TPSA) is 115 Å². The van der Waals surface area contributed by atoms with Gasteiger partial charge in [0.05, 0.1) is 6.54 Å². The average Bonchev–Trinajstić information content (AvgIpc) is 3.16. The van der Waals surface area contributed by atoms with E-state index in [1.165, 1.54) is 10.6 Å². The molecule has 2 aliphatic rings. The molecular formula is C22H23N7O3. The van der Waals surface area contributed by atoms with E-state index in [0.717, 1.165) is 32.2 Å². The number of aromatic nitrogens is 5. The normalized spacial score (nSPS) is 22.7. The van der Waals surface area contributed by atoms with Crippen LogP contribution >= 0.6 is 0 Å². The summed E-state index contributed by atoms with van der Waals surface area (Å²) < 4.78 is 7.23. The van der Waals surface area contributed by atoms with E-state index in [2.05, 4.69) is 25.7 Å². The highest BCUT2D eigenvalue weighted by atomic mass is 16.6. The lowest BCUT2D eigenvalue weighted by Gasteiger charge is -2.35. The number of nitrogens with one attached hydrogen (secondary N) is 1. The summed E-state index contributed by atoms with van der Waals surface area (Å²) in [5.41, 5.74) is -0.598. The predicted octanol–water partition coefficient (Wildman–Crippen LogP) is 2.42. The maximum Gasteiger partial charge on any atom is 0.416 e. The molecule has 0 radical (unpaired) electrons. The molecular weight excluding hydrogens is 410 g/mol. The van der Waals surface area contributed by atoms with Crippen LogP contribution in [0.15, 0.2) is 59.7 Å². The van der Waals surface area contributed by atoms with Gasteiger partial charge in [-0.05, 0) is 61.9 Å². The van der Waals surface area contributed by atoms with E-state index in [1.807, 2.05) is 6.07 Å². The molecule has 2 fully saturated rings. The summed E-state index contributed by atoms with van der Waals surface area (Å²) in [6.07, 6.45) is 6.40. The Morgan fingerprint density at radius 2 is 1.88 bits per heavy atom. The van der Waals surface area contributed by atoms with Crippen LogP contribution < -0.4 is 15.8 Å². The first-order valence-electron chi connectivity index (χ1n) is 10.7. The summed E-state index contributed by atoms with van der Waals surface area (Å²) in [6.45, 7) is 1.27. The van der Waals surface area contributed by atoms with Crippen LogP contribution in [-0.4, -0.2) is 49.7 Å². The Kier molecular flexibility index (Phi) is 5.26. The molecule has 0 unspecified atom stereocenters. The van der Waals surface area contributed by atoms with Crippen LogP contribution in [0.3, 0.4) is 0 Å². The van der Waals surface area contributed by atoms with Gasteiger partial charge in [0.25, 0.3) is 5.56 Å². The smallest absolute Gasteiger partial charge is 0.416 e. The monoisotopic (exact) mass is 433 g/mol. The van der Waals surface area contributed by atoms with Crippen molar-refractivity contribution in [3.63, 3.8) is 0 Å². The Morgan fingerprint density at radius 3 is 2.59 bits per heavy atom. The first-order valence-corrected chi connectivity index (χ1v) is 10.7. The summed E-state index contributed by atoms with van der Waals surface area (Å²) in [5, 5.41) is 19.6. The molecule has 0 aromatic carbocycles. The van der Waals surface area contributed by atoms with Gasteiger partial charge < -0.3 is 10.1 Å². The summed E-state index contributed by atoms with van der Waals surface area (Å²) in [6, 6.07) is 12.1. The highest BCUT2D eigenvalue weighted by molar-refractivity contribution is 5.89. The van der Waals surface area contributed by atoms with Gasteiger partial charge in [0.1, 0.15) is 11.4 Å². The van der Waals surface area contributed by atoms with Crippen LogP contribution in [0.4, 0.5) is 16.4 Å². The zero-order valence-corrected chi connectivity index (χ0v) is 17.4. The van der Waals surface area contributed by atoms with Crippen molar-refractivity contribution in [2.75, 3.05) is 23.3 Å². The first kappa shape index (κ1) is 20.1. The molecule has 0 atom stereocenters. The van der Waals surface area contributed by atoms with E-state index in [0.29, 0.717) is 29.9 Å². The second kappa shape index (κ2) is 8.37. The fourth-order valence-corrected chi connectivity index (χ4v) is 4.32. The number of hydrogen-bond donors (Lipinski definition) is 1. The molecule has 1 N–H and O–H groups in total. The highest BCUT2D eigenvalue weighted by Gasteiger charge is 2.48. The van der Waals surface area contributed by atoms with E-state index >= 15 is 0 Å². The second-order valence-corrected chi connectivity index (χ2v) is 8.23. The minimum absolute atomic E-state index is 0.149. The van der Waals surface area contributed by atoms with Crippen LogP contribution in [0, 0.1) is 5.92 Å². The molecule has 164 valence electrons. The van der Waals surface area contributed by atoms with E-state index < -0.39 is 5.60 Å². The van der Waals surface area contributed by atoms with Crippen LogP contribution in [0.1, 0.15) is 25.7 Å². The predicted molar refractivity (Wildman–Crippen MR) is 117 cm³/mol. The molecule has 10 heteroatoms. The number of carbonyl (C=O) groups is 1. The first-order chi connectivity index (χ1) is 15.6. The van der Waals surface area contributed by atoms with E-state index in [1.54, 1.807) is 47.6 Å². The third-order valence-corrected chi connectivity index (χ3v) is 6.11. The second-order valence-electron chi connectivity index (χ2n) is 8.23. The van der Waals surface area contributed by atoms with Crippen LogP contribution in [0.25, 0.3) is 5.82 Å². The van der Waals surface area contributed by atoms with Gasteiger partial charge in [-0.2, -0.15) is 5.10 Å². The van der Waals surface area contributed by atoms with Crippen molar-refractivity contribution in [3.05, 3.63) is 65.2 Å². The van der Waals surface area contributed by atoms with Crippen molar-refractivity contribution in [3.8, 4) is 5.82 Å². The molecule has 1 aliphatic carbocycles. The van der Waals surface area contributed by atoms with E-state index in [4.69, 9.17) is 4.74 Å². The molecule has 10 nitrogen and oxygen atoms in total. The van der Waals surface area contributed by atoms with Gasteiger partial charge in [-0.25, -0.2) is 4.79 Å². The summed E-state index contributed by atoms with van der Waals surface area (Å²) in [7, 11) is 0. The van der Waals surface area contributed by atoms with Gasteiger partial charge in [0.2, 0.25) is 0 Å². The van der Waals surface area contributed by atoms with E-state index in [-0.39, 0.29) is 11.7 Å². The number of anilines is 2. The number of amides is 1. The molecule has 1 saturated carbocycles. The van der Waals surface area contributed by atoms with Crippen molar-refractivity contribution < 1.29 is 9.53 Å². The van der Waals surface area contributed by atoms with E-state index in [9.17, 15) is 9.59 Å². The SMILES string of the molecule is O=C1OC2(CCC(CNc3ccc(-n4ccccc4=O)nn3)CC2)CN1c1cccnn1. The van der Waals surface area contributed by atoms with Crippen LogP contribution in [0.2, 0.25) is 0 Å². The molecule has 32 heavy (non-hydrogen) atoms. The fraction of sp³-hybridized carbons (Fsp3) is 0.364. The molecule has 4 heterocycles. The van der Waals surface area contributed by atoms with Gasteiger partial charge >= 0.3 is 6.09 Å². The largest absolute Gasteiger partial charge is 0.441 e. The number of hydrogen-bond acceptors (Lipinski definition) is 8. The number of ether oxygens (including phenoxy) is 1. The van der Waals surface area contributed by atoms with Crippen LogP contribution in [0.5, 0.6) is 0 Å². The van der Waals surface area contributed by atoms with Gasteiger partial charge in [0.15, 0.2) is 11.6 Å². The zero-order valence-electron chi connectivity index (χ0n) is 17.4. The lowest BCUT2D eigenvalue weighted by molar-refractivity contribution is 0.0148. The minimum Gasteiger partial charge on any atom is -0.441 e. The molecule has 3 aromatic heterocycles. The summed E-state index contributed by atoms with van der Waals surface area (Å²) in [5.74, 6) is 2.12. The van der Waals surface area contributed by atoms with Crippen molar-refractivity contribution in [2.24, 2.45) is 5.92 Å². The standard InChI is InChI=1S/C22H23N7O3/c30-20-5-1-2-13-28(20)19-7-6-17(25-27-19)23-14-16-8-10-22(11-9-16)15-29(21(31)32-22)18-4-3-12-24-26-18/h1-7,12-13,16H,8-11,14-15H2,(H,23,25). The summed E-state index contributed by atoms with van der Waals surface area (Å²) >= 11 is 0. The number of rotatable bonds is 5. The number of nitrogens with zero attached hydrogens (tertiary/aromatic N) is 6. The maximum absolute atomic E-state index is 12.4. The average molecular weight is 433 g/mol. The molecule has 3 aromatic rings. The molecule has 5 rings (SSSR count). The Bertz CT molecular complexity index is 1140. The molecule has 1 aliphatic heterocycles. The fourth-order valence-electron chi connectivity index (χ4n) is 4.32. The Morgan fingerprint density at radius 1 is 1.00 bits per heavy atom. The molecule has 1 spiro atoms. The maximum atomic E-state index is 12.4. The zero-order chi connectivity index (χ0) is 22.0. The Balaban J connectivity index is 1.15. The van der Waals surface area contributed by atoms with Crippen LogP contribution in [-0.2, 0) is 4.74 Å². The molecule has 0 bridgehead atoms. The van der Waals surface area contributed by atoms with Crippen molar-refractivity contribution in [1.29, 1.82) is 0 Å². The van der Waals surface area contributed by atoms with Gasteiger partial charge in [-0.1, -0.05) is 6.07 Å². The van der Waals surface area contributed by atoms with Crippen molar-refractivity contribution >= 4 is 17.7 Å². The molecule has 1 amide bonds. The molecule has 1 saturated heterocycles. The van der Waals surface area contributed by atoms with Crippen molar-refractivity contribution in [1.82, 2.24) is 25.0 Å². The summed E-state index contributed by atoms with van der Waals surface area (Å²) in [4.78, 5) is 25.9. The van der Waals surface area contributed by atoms with Gasteiger partial charge in [-0.3, -0.25) is 14.3 Å². The third kappa shape index (κ3) is 4.03.